The molecule has 1 aromatic rings. The minimum absolute atomic E-state index is 0.147. The van der Waals surface area contributed by atoms with Gasteiger partial charge in [0, 0.05) is 12.1 Å². The average Bonchev–Trinajstić information content (AvgIpc) is 2.67. The van der Waals surface area contributed by atoms with Crippen molar-refractivity contribution in [2.75, 3.05) is 19.8 Å². The monoisotopic (exact) mass is 374 g/mol. The molecule has 0 aromatic heterocycles. The van der Waals surface area contributed by atoms with E-state index in [2.05, 4.69) is 12.2 Å². The minimum atomic E-state index is -0.645. The lowest BCUT2D eigenvalue weighted by molar-refractivity contribution is -0.150. The molecule has 7 nitrogen and oxygen atoms in total. The van der Waals surface area contributed by atoms with Crippen molar-refractivity contribution in [1.29, 1.82) is 5.26 Å². The summed E-state index contributed by atoms with van der Waals surface area (Å²) >= 11 is 0. The summed E-state index contributed by atoms with van der Waals surface area (Å²) in [6.07, 6.45) is 4.36. The van der Waals surface area contributed by atoms with Gasteiger partial charge in [0.2, 0.25) is 0 Å². The van der Waals surface area contributed by atoms with Crippen molar-refractivity contribution < 1.29 is 23.8 Å². The fourth-order valence-corrected chi connectivity index (χ4v) is 3.07. The fourth-order valence-electron chi connectivity index (χ4n) is 3.07. The van der Waals surface area contributed by atoms with E-state index in [9.17, 15) is 9.59 Å². The van der Waals surface area contributed by atoms with Crippen LogP contribution in [0.25, 0.3) is 0 Å². The molecule has 0 saturated heterocycles. The molecule has 0 unspecified atom stereocenters. The van der Waals surface area contributed by atoms with Crippen molar-refractivity contribution in [1.82, 2.24) is 5.32 Å². The predicted molar refractivity (Wildman–Crippen MR) is 98.3 cm³/mol. The number of hydrogen-bond donors (Lipinski definition) is 1. The van der Waals surface area contributed by atoms with E-state index in [1.165, 1.54) is 6.42 Å². The van der Waals surface area contributed by atoms with Crippen molar-refractivity contribution in [3.05, 3.63) is 23.8 Å². The zero-order valence-electron chi connectivity index (χ0n) is 15.8. The second-order valence-corrected chi connectivity index (χ2v) is 6.59. The highest BCUT2D eigenvalue weighted by atomic mass is 16.6. The van der Waals surface area contributed by atoms with Gasteiger partial charge in [-0.3, -0.25) is 4.79 Å². The van der Waals surface area contributed by atoms with Gasteiger partial charge in [-0.1, -0.05) is 19.8 Å². The Hall–Kier alpha value is -2.75. The standard InChI is InChI=1S/C20H26N2O5/c1-3-25-18-10-15(11-21)8-9-17(18)26-13-20(24)27-12-19(23)22-16-7-5-4-6-14(16)2/h8-10,14,16H,3-7,12-13H2,1-2H3,(H,22,23)/t14-,16-/m0/s1. The van der Waals surface area contributed by atoms with E-state index >= 15 is 0 Å². The van der Waals surface area contributed by atoms with Crippen LogP contribution in [0.3, 0.4) is 0 Å². The molecule has 1 aliphatic rings. The van der Waals surface area contributed by atoms with Gasteiger partial charge in [-0.25, -0.2) is 4.79 Å². The topological polar surface area (TPSA) is 97.7 Å². The molecule has 0 spiro atoms. The molecule has 1 fully saturated rings. The van der Waals surface area contributed by atoms with Crippen LogP contribution in [0.1, 0.15) is 45.1 Å². The van der Waals surface area contributed by atoms with Crippen molar-refractivity contribution in [3.8, 4) is 17.6 Å². The number of nitriles is 1. The average molecular weight is 374 g/mol. The Morgan fingerprint density at radius 3 is 2.67 bits per heavy atom. The van der Waals surface area contributed by atoms with Gasteiger partial charge in [0.25, 0.3) is 5.91 Å². The van der Waals surface area contributed by atoms with Gasteiger partial charge < -0.3 is 19.5 Å². The van der Waals surface area contributed by atoms with Crippen LogP contribution in [0.4, 0.5) is 0 Å². The van der Waals surface area contributed by atoms with Crippen LogP contribution >= 0.6 is 0 Å². The summed E-state index contributed by atoms with van der Waals surface area (Å²) in [5, 5.41) is 11.9. The molecule has 1 N–H and O–H groups in total. The number of ether oxygens (including phenoxy) is 3. The lowest BCUT2D eigenvalue weighted by Gasteiger charge is -2.29. The summed E-state index contributed by atoms with van der Waals surface area (Å²) in [7, 11) is 0. The van der Waals surface area contributed by atoms with Crippen LogP contribution in [-0.2, 0) is 14.3 Å². The molecule has 1 aromatic carbocycles. The maximum Gasteiger partial charge on any atom is 0.344 e. The Labute approximate surface area is 159 Å². The molecule has 1 saturated carbocycles. The highest BCUT2D eigenvalue weighted by molar-refractivity contribution is 5.81. The van der Waals surface area contributed by atoms with Gasteiger partial charge in [-0.15, -0.1) is 0 Å². The van der Waals surface area contributed by atoms with Gasteiger partial charge in [0.05, 0.1) is 18.2 Å². The Balaban J connectivity index is 1.77. The van der Waals surface area contributed by atoms with Crippen LogP contribution < -0.4 is 14.8 Å². The number of esters is 1. The maximum atomic E-state index is 12.0. The molecule has 2 rings (SSSR count). The van der Waals surface area contributed by atoms with Crippen molar-refractivity contribution in [2.45, 2.75) is 45.6 Å². The zero-order chi connectivity index (χ0) is 19.6. The summed E-state index contributed by atoms with van der Waals surface area (Å²) in [6.45, 7) is 3.66. The summed E-state index contributed by atoms with van der Waals surface area (Å²) in [5.74, 6) is 0.223. The van der Waals surface area contributed by atoms with Gasteiger partial charge in [-0.05, 0) is 37.8 Å². The summed E-state index contributed by atoms with van der Waals surface area (Å²) in [4.78, 5) is 23.8. The number of nitrogens with zero attached hydrogens (tertiary/aromatic N) is 1. The number of nitrogens with one attached hydrogen (secondary N) is 1. The third-order valence-electron chi connectivity index (χ3n) is 4.54. The summed E-state index contributed by atoms with van der Waals surface area (Å²) in [5.41, 5.74) is 0.432. The maximum absolute atomic E-state index is 12.0. The van der Waals surface area contributed by atoms with E-state index in [0.717, 1.165) is 19.3 Å². The number of rotatable bonds is 8. The number of amides is 1. The molecule has 0 bridgehead atoms. The quantitative estimate of drug-likeness (QED) is 0.703. The third kappa shape index (κ3) is 6.48. The first kappa shape index (κ1) is 20.6. The van der Waals surface area contributed by atoms with Gasteiger partial charge >= 0.3 is 5.97 Å². The highest BCUT2D eigenvalue weighted by Crippen LogP contribution is 2.28. The highest BCUT2D eigenvalue weighted by Gasteiger charge is 2.23. The third-order valence-corrected chi connectivity index (χ3v) is 4.54. The van der Waals surface area contributed by atoms with E-state index in [-0.39, 0.29) is 25.2 Å². The molecular formula is C20H26N2O5. The first-order valence-corrected chi connectivity index (χ1v) is 9.28. The summed E-state index contributed by atoms with van der Waals surface area (Å²) < 4.78 is 15.8. The second kappa shape index (κ2) is 10.4. The van der Waals surface area contributed by atoms with E-state index in [1.54, 1.807) is 18.2 Å². The van der Waals surface area contributed by atoms with Gasteiger partial charge in [0.1, 0.15) is 0 Å². The normalized spacial score (nSPS) is 18.9. The van der Waals surface area contributed by atoms with Crippen molar-refractivity contribution >= 4 is 11.9 Å². The smallest absolute Gasteiger partial charge is 0.344 e. The fraction of sp³-hybridized carbons (Fsp3) is 0.550. The largest absolute Gasteiger partial charge is 0.490 e. The molecule has 146 valence electrons. The zero-order valence-corrected chi connectivity index (χ0v) is 15.8. The van der Waals surface area contributed by atoms with Crippen LogP contribution in [0, 0.1) is 17.2 Å². The summed E-state index contributed by atoms with van der Waals surface area (Å²) in [6, 6.07) is 6.84. The number of benzene rings is 1. The lowest BCUT2D eigenvalue weighted by atomic mass is 9.86. The van der Waals surface area contributed by atoms with E-state index in [0.29, 0.717) is 29.6 Å². The van der Waals surface area contributed by atoms with Gasteiger partial charge in [0.15, 0.2) is 24.7 Å². The first-order chi connectivity index (χ1) is 13.0. The van der Waals surface area contributed by atoms with Gasteiger partial charge in [-0.2, -0.15) is 5.26 Å². The molecule has 1 amide bonds. The van der Waals surface area contributed by atoms with Crippen LogP contribution in [0.15, 0.2) is 18.2 Å². The van der Waals surface area contributed by atoms with E-state index < -0.39 is 5.97 Å². The Kier molecular flexibility index (Phi) is 7.93. The van der Waals surface area contributed by atoms with E-state index in [1.807, 2.05) is 13.0 Å². The molecule has 0 radical (unpaired) electrons. The van der Waals surface area contributed by atoms with Crippen molar-refractivity contribution in [3.63, 3.8) is 0 Å². The molecular weight excluding hydrogens is 348 g/mol. The Morgan fingerprint density at radius 1 is 1.19 bits per heavy atom. The SMILES string of the molecule is CCOc1cc(C#N)ccc1OCC(=O)OCC(=O)N[C@H]1CCCC[C@@H]1C. The number of carbonyl (C=O) groups is 2. The van der Waals surface area contributed by atoms with Crippen LogP contribution in [0.5, 0.6) is 11.5 Å². The van der Waals surface area contributed by atoms with Crippen LogP contribution in [0.2, 0.25) is 0 Å². The number of carbonyl (C=O) groups excluding carboxylic acids is 2. The minimum Gasteiger partial charge on any atom is -0.490 e. The number of hydrogen-bond acceptors (Lipinski definition) is 6. The predicted octanol–water partition coefficient (Wildman–Crippen LogP) is 2.57. The molecule has 7 heteroatoms. The molecule has 0 aliphatic heterocycles. The van der Waals surface area contributed by atoms with Crippen LogP contribution in [-0.4, -0.2) is 37.7 Å². The van der Waals surface area contributed by atoms with Crippen molar-refractivity contribution in [2.24, 2.45) is 5.92 Å². The van der Waals surface area contributed by atoms with E-state index in [4.69, 9.17) is 19.5 Å². The Morgan fingerprint density at radius 2 is 1.96 bits per heavy atom. The Bertz CT molecular complexity index is 698. The molecule has 1 aliphatic carbocycles. The first-order valence-electron chi connectivity index (χ1n) is 9.28. The molecule has 2 atom stereocenters. The molecule has 0 heterocycles. The lowest BCUT2D eigenvalue weighted by Crippen LogP contribution is -2.43. The second-order valence-electron chi connectivity index (χ2n) is 6.59. The molecule has 27 heavy (non-hydrogen) atoms.